The molecule has 0 radical (unpaired) electrons. The first-order chi connectivity index (χ1) is 9.11. The molecule has 0 aliphatic rings. The molecule has 0 saturated carbocycles. The number of nitrogens with one attached hydrogen (secondary N) is 1. The van der Waals surface area contributed by atoms with Gasteiger partial charge in [0.1, 0.15) is 0 Å². The minimum absolute atomic E-state index is 0.0101. The van der Waals surface area contributed by atoms with E-state index in [9.17, 15) is 0 Å². The van der Waals surface area contributed by atoms with Crippen LogP contribution in [-0.2, 0) is 6.42 Å². The van der Waals surface area contributed by atoms with Crippen molar-refractivity contribution in [2.45, 2.75) is 19.4 Å². The third-order valence-electron chi connectivity index (χ3n) is 3.10. The first kappa shape index (κ1) is 14.4. The number of nitrogens with two attached hydrogens (primary N) is 1. The van der Waals surface area contributed by atoms with E-state index >= 15 is 0 Å². The second-order valence-corrected chi connectivity index (χ2v) is 5.34. The Bertz CT molecular complexity index is 570. The van der Waals surface area contributed by atoms with Crippen LogP contribution in [0.2, 0.25) is 10.0 Å². The Hall–Kier alpha value is -1.06. The van der Waals surface area contributed by atoms with Gasteiger partial charge < -0.3 is 0 Å². The lowest BCUT2D eigenvalue weighted by atomic mass is 9.98. The van der Waals surface area contributed by atoms with E-state index in [2.05, 4.69) is 30.5 Å². The van der Waals surface area contributed by atoms with Crippen LogP contribution in [0.25, 0.3) is 0 Å². The molecular weight excluding hydrogens is 279 g/mol. The van der Waals surface area contributed by atoms with Crippen LogP contribution in [0.1, 0.15) is 22.7 Å². The van der Waals surface area contributed by atoms with Crippen molar-refractivity contribution in [3.63, 3.8) is 0 Å². The summed E-state index contributed by atoms with van der Waals surface area (Å²) in [6.07, 6.45) is 0.694. The van der Waals surface area contributed by atoms with Crippen LogP contribution in [0.3, 0.4) is 0 Å². The minimum atomic E-state index is 0.0101. The molecule has 0 saturated heterocycles. The highest BCUT2D eigenvalue weighted by Crippen LogP contribution is 2.29. The Morgan fingerprint density at radius 3 is 2.58 bits per heavy atom. The fraction of sp³-hybridized carbons (Fsp3) is 0.200. The molecule has 0 aromatic heterocycles. The molecule has 2 nitrogen and oxygen atoms in total. The number of aryl methyl sites for hydroxylation is 1. The Morgan fingerprint density at radius 2 is 1.89 bits per heavy atom. The van der Waals surface area contributed by atoms with Gasteiger partial charge in [-0.1, -0.05) is 65.2 Å². The SMILES string of the molecule is Cc1cccc(C(Cc2cccc(Cl)c2Cl)NN)c1. The Labute approximate surface area is 123 Å². The second-order valence-electron chi connectivity index (χ2n) is 4.55. The van der Waals surface area contributed by atoms with E-state index < -0.39 is 0 Å². The van der Waals surface area contributed by atoms with E-state index in [1.54, 1.807) is 6.07 Å². The smallest absolute Gasteiger partial charge is 0.0624 e. The summed E-state index contributed by atoms with van der Waals surface area (Å²) in [5.41, 5.74) is 6.17. The van der Waals surface area contributed by atoms with Crippen LogP contribution in [-0.4, -0.2) is 0 Å². The Morgan fingerprint density at radius 1 is 1.16 bits per heavy atom. The quantitative estimate of drug-likeness (QED) is 0.659. The van der Waals surface area contributed by atoms with Gasteiger partial charge in [0.15, 0.2) is 0 Å². The topological polar surface area (TPSA) is 38.0 Å². The highest BCUT2D eigenvalue weighted by Gasteiger charge is 2.13. The van der Waals surface area contributed by atoms with Gasteiger partial charge in [-0.2, -0.15) is 0 Å². The normalized spacial score (nSPS) is 12.4. The first-order valence-corrected chi connectivity index (χ1v) is 6.83. The zero-order valence-electron chi connectivity index (χ0n) is 10.7. The van der Waals surface area contributed by atoms with Gasteiger partial charge in [0.25, 0.3) is 0 Å². The van der Waals surface area contributed by atoms with Gasteiger partial charge in [-0.25, -0.2) is 0 Å². The molecular formula is C15H16Cl2N2. The maximum absolute atomic E-state index is 6.21. The zero-order chi connectivity index (χ0) is 13.8. The molecule has 3 N–H and O–H groups in total. The van der Waals surface area contributed by atoms with Gasteiger partial charge in [-0.3, -0.25) is 11.3 Å². The Balaban J connectivity index is 2.26. The fourth-order valence-electron chi connectivity index (χ4n) is 2.09. The van der Waals surface area contributed by atoms with Crippen LogP contribution < -0.4 is 11.3 Å². The number of hydrogen-bond donors (Lipinski definition) is 2. The summed E-state index contributed by atoms with van der Waals surface area (Å²) in [5.74, 6) is 5.66. The summed E-state index contributed by atoms with van der Waals surface area (Å²) in [7, 11) is 0. The average molecular weight is 295 g/mol. The van der Waals surface area contributed by atoms with Crippen LogP contribution in [0.15, 0.2) is 42.5 Å². The van der Waals surface area contributed by atoms with Crippen LogP contribution in [0, 0.1) is 6.92 Å². The van der Waals surface area contributed by atoms with Crippen molar-refractivity contribution in [1.29, 1.82) is 0 Å². The largest absolute Gasteiger partial charge is 0.271 e. The van der Waals surface area contributed by atoms with E-state index in [1.165, 1.54) is 5.56 Å². The molecule has 1 unspecified atom stereocenters. The third-order valence-corrected chi connectivity index (χ3v) is 3.96. The van der Waals surface area contributed by atoms with Crippen molar-refractivity contribution in [3.8, 4) is 0 Å². The van der Waals surface area contributed by atoms with Gasteiger partial charge in [0.2, 0.25) is 0 Å². The lowest BCUT2D eigenvalue weighted by Crippen LogP contribution is -2.29. The third kappa shape index (κ3) is 3.48. The first-order valence-electron chi connectivity index (χ1n) is 6.07. The molecule has 0 aliphatic heterocycles. The summed E-state index contributed by atoms with van der Waals surface area (Å²) in [5, 5.41) is 1.16. The number of benzene rings is 2. The number of halogens is 2. The van der Waals surface area contributed by atoms with Crippen molar-refractivity contribution in [3.05, 3.63) is 69.2 Å². The number of hydrogen-bond acceptors (Lipinski definition) is 2. The maximum Gasteiger partial charge on any atom is 0.0624 e. The molecule has 0 aliphatic carbocycles. The highest BCUT2D eigenvalue weighted by molar-refractivity contribution is 6.42. The summed E-state index contributed by atoms with van der Waals surface area (Å²) in [4.78, 5) is 0. The molecule has 19 heavy (non-hydrogen) atoms. The lowest BCUT2D eigenvalue weighted by molar-refractivity contribution is 0.552. The molecule has 0 spiro atoms. The zero-order valence-corrected chi connectivity index (χ0v) is 12.2. The van der Waals surface area contributed by atoms with E-state index in [0.717, 1.165) is 11.1 Å². The summed E-state index contributed by atoms with van der Waals surface area (Å²) in [6, 6.07) is 13.9. The summed E-state index contributed by atoms with van der Waals surface area (Å²) < 4.78 is 0. The van der Waals surface area contributed by atoms with E-state index in [0.29, 0.717) is 16.5 Å². The predicted molar refractivity (Wildman–Crippen MR) is 81.4 cm³/mol. The van der Waals surface area contributed by atoms with Crippen molar-refractivity contribution < 1.29 is 0 Å². The minimum Gasteiger partial charge on any atom is -0.271 e. The molecule has 1 atom stereocenters. The lowest BCUT2D eigenvalue weighted by Gasteiger charge is -2.18. The van der Waals surface area contributed by atoms with Crippen LogP contribution in [0.5, 0.6) is 0 Å². The van der Waals surface area contributed by atoms with E-state index in [1.807, 2.05) is 18.2 Å². The number of hydrazine groups is 1. The molecule has 0 amide bonds. The van der Waals surface area contributed by atoms with Crippen LogP contribution in [0.4, 0.5) is 0 Å². The van der Waals surface area contributed by atoms with E-state index in [-0.39, 0.29) is 6.04 Å². The van der Waals surface area contributed by atoms with E-state index in [4.69, 9.17) is 29.0 Å². The monoisotopic (exact) mass is 294 g/mol. The Kier molecular flexibility index (Phi) is 4.83. The molecule has 2 aromatic rings. The predicted octanol–water partition coefficient (Wildman–Crippen LogP) is 4.05. The van der Waals surface area contributed by atoms with Gasteiger partial charge in [-0.05, 0) is 30.5 Å². The highest BCUT2D eigenvalue weighted by atomic mass is 35.5. The maximum atomic E-state index is 6.21. The summed E-state index contributed by atoms with van der Waals surface area (Å²) >= 11 is 12.2. The second kappa shape index (κ2) is 6.40. The van der Waals surface area contributed by atoms with Crippen molar-refractivity contribution >= 4 is 23.2 Å². The number of rotatable bonds is 4. The van der Waals surface area contributed by atoms with Crippen LogP contribution >= 0.6 is 23.2 Å². The standard InChI is InChI=1S/C15H16Cl2N2/c1-10-4-2-5-11(8-10)14(19-18)9-12-6-3-7-13(16)15(12)17/h2-8,14,19H,9,18H2,1H3. The molecule has 0 heterocycles. The molecule has 2 rings (SSSR count). The molecule has 100 valence electrons. The average Bonchev–Trinajstić information content (AvgIpc) is 2.40. The van der Waals surface area contributed by atoms with Crippen molar-refractivity contribution in [1.82, 2.24) is 5.43 Å². The van der Waals surface area contributed by atoms with Crippen molar-refractivity contribution in [2.24, 2.45) is 5.84 Å². The van der Waals surface area contributed by atoms with Crippen molar-refractivity contribution in [2.75, 3.05) is 0 Å². The molecule has 0 bridgehead atoms. The molecule has 2 aromatic carbocycles. The fourth-order valence-corrected chi connectivity index (χ4v) is 2.48. The summed E-state index contributed by atoms with van der Waals surface area (Å²) in [6.45, 7) is 2.06. The van der Waals surface area contributed by atoms with Gasteiger partial charge >= 0.3 is 0 Å². The molecule has 4 heteroatoms. The molecule has 0 fully saturated rings. The van der Waals surface area contributed by atoms with Gasteiger partial charge in [-0.15, -0.1) is 0 Å². The van der Waals surface area contributed by atoms with Gasteiger partial charge in [0, 0.05) is 0 Å². The van der Waals surface area contributed by atoms with Gasteiger partial charge in [0.05, 0.1) is 16.1 Å².